The molecule has 5 heteroatoms. The van der Waals surface area contributed by atoms with Gasteiger partial charge >= 0.3 is 5.97 Å². The third kappa shape index (κ3) is 4.99. The molecule has 0 amide bonds. The third-order valence-electron chi connectivity index (χ3n) is 3.73. The molecule has 128 valence electrons. The Kier molecular flexibility index (Phi) is 6.21. The van der Waals surface area contributed by atoms with Crippen LogP contribution in [-0.4, -0.2) is 24.2 Å². The highest BCUT2D eigenvalue weighted by Gasteiger charge is 2.11. The van der Waals surface area contributed by atoms with Crippen LogP contribution in [0.15, 0.2) is 42.5 Å². The number of nitrogens with one attached hydrogen (secondary N) is 1. The second-order valence-corrected chi connectivity index (χ2v) is 5.70. The molecule has 0 aliphatic carbocycles. The maximum atomic E-state index is 10.8. The van der Waals surface area contributed by atoms with Gasteiger partial charge in [0.15, 0.2) is 11.5 Å². The van der Waals surface area contributed by atoms with Gasteiger partial charge in [-0.2, -0.15) is 0 Å². The van der Waals surface area contributed by atoms with Crippen LogP contribution in [0.25, 0.3) is 0 Å². The van der Waals surface area contributed by atoms with Gasteiger partial charge in [0.25, 0.3) is 0 Å². The number of carboxylic acid groups (broad SMARTS) is 1. The molecule has 0 aliphatic heterocycles. The number of ether oxygens (including phenoxy) is 2. The molecule has 0 aliphatic rings. The van der Waals surface area contributed by atoms with E-state index in [1.807, 2.05) is 49.4 Å². The molecule has 1 atom stereocenters. The topological polar surface area (TPSA) is 67.8 Å². The molecule has 2 aromatic carbocycles. The Hall–Kier alpha value is -2.53. The molecule has 0 aromatic heterocycles. The fourth-order valence-electron chi connectivity index (χ4n) is 2.14. The van der Waals surface area contributed by atoms with Gasteiger partial charge < -0.3 is 19.9 Å². The Balaban J connectivity index is 2.00. The number of hydrogen-bond donors (Lipinski definition) is 2. The minimum absolute atomic E-state index is 0.446. The van der Waals surface area contributed by atoms with Crippen LogP contribution >= 0.6 is 0 Å². The summed E-state index contributed by atoms with van der Waals surface area (Å²) in [4.78, 5) is 10.8. The molecule has 0 bridgehead atoms. The van der Waals surface area contributed by atoms with E-state index in [2.05, 4.69) is 5.32 Å². The van der Waals surface area contributed by atoms with Gasteiger partial charge in [-0.05, 0) is 37.1 Å². The summed E-state index contributed by atoms with van der Waals surface area (Å²) < 4.78 is 11.2. The maximum Gasteiger partial charge on any atom is 0.320 e. The lowest BCUT2D eigenvalue weighted by atomic mass is 10.1. The fourth-order valence-corrected chi connectivity index (χ4v) is 2.14. The number of aryl methyl sites for hydroxylation is 1. The fraction of sp³-hybridized carbons (Fsp3) is 0.316. The summed E-state index contributed by atoms with van der Waals surface area (Å²) in [6.07, 6.45) is 0. The minimum atomic E-state index is -0.875. The lowest BCUT2D eigenvalue weighted by Crippen LogP contribution is -2.33. The molecule has 0 fully saturated rings. The third-order valence-corrected chi connectivity index (χ3v) is 3.73. The van der Waals surface area contributed by atoms with Gasteiger partial charge in [0.1, 0.15) is 12.6 Å². The summed E-state index contributed by atoms with van der Waals surface area (Å²) in [5.41, 5.74) is 3.23. The molecule has 0 heterocycles. The van der Waals surface area contributed by atoms with Crippen molar-refractivity contribution >= 4 is 5.97 Å². The Morgan fingerprint density at radius 3 is 2.42 bits per heavy atom. The molecular formula is C19H23NO4. The summed E-state index contributed by atoms with van der Waals surface area (Å²) in [6, 6.07) is 13.2. The average Bonchev–Trinajstić information content (AvgIpc) is 2.59. The second kappa shape index (κ2) is 8.36. The van der Waals surface area contributed by atoms with E-state index in [9.17, 15) is 4.79 Å². The molecule has 0 radical (unpaired) electrons. The van der Waals surface area contributed by atoms with E-state index in [4.69, 9.17) is 14.6 Å². The molecule has 0 saturated carbocycles. The number of methoxy groups -OCH3 is 1. The van der Waals surface area contributed by atoms with Gasteiger partial charge in [-0.15, -0.1) is 0 Å². The lowest BCUT2D eigenvalue weighted by Gasteiger charge is -2.14. The molecule has 2 N–H and O–H groups in total. The largest absolute Gasteiger partial charge is 0.493 e. The second-order valence-electron chi connectivity index (χ2n) is 5.70. The number of rotatable bonds is 8. The number of benzene rings is 2. The first-order valence-corrected chi connectivity index (χ1v) is 7.81. The van der Waals surface area contributed by atoms with Crippen molar-refractivity contribution in [1.29, 1.82) is 0 Å². The van der Waals surface area contributed by atoms with E-state index >= 15 is 0 Å². The van der Waals surface area contributed by atoms with Crippen molar-refractivity contribution < 1.29 is 19.4 Å². The zero-order valence-electron chi connectivity index (χ0n) is 14.2. The summed E-state index contributed by atoms with van der Waals surface area (Å²) in [5.74, 6) is 0.414. The number of aliphatic carboxylic acids is 1. The highest BCUT2D eigenvalue weighted by atomic mass is 16.5. The lowest BCUT2D eigenvalue weighted by molar-refractivity contribution is -0.139. The SMILES string of the molecule is COc1cc(CNC(C)C(=O)O)ccc1OCc1ccc(C)cc1. The predicted octanol–water partition coefficient (Wildman–Crippen LogP) is 3.15. The van der Waals surface area contributed by atoms with E-state index in [0.717, 1.165) is 11.1 Å². The van der Waals surface area contributed by atoms with Crippen molar-refractivity contribution in [1.82, 2.24) is 5.32 Å². The maximum absolute atomic E-state index is 10.8. The van der Waals surface area contributed by atoms with Crippen LogP contribution in [0.1, 0.15) is 23.6 Å². The molecule has 5 nitrogen and oxygen atoms in total. The molecule has 2 aromatic rings. The Morgan fingerprint density at radius 1 is 1.12 bits per heavy atom. The standard InChI is InChI=1S/C19H23NO4/c1-13-4-6-15(7-5-13)12-24-17-9-8-16(10-18(17)23-3)11-20-14(2)19(21)22/h4-10,14,20H,11-12H2,1-3H3,(H,21,22). The first-order valence-electron chi connectivity index (χ1n) is 7.81. The van der Waals surface area contributed by atoms with Crippen LogP contribution in [-0.2, 0) is 17.9 Å². The molecule has 0 spiro atoms. The Bertz CT molecular complexity index is 682. The van der Waals surface area contributed by atoms with Crippen molar-refractivity contribution in [2.45, 2.75) is 33.0 Å². The van der Waals surface area contributed by atoms with E-state index in [1.54, 1.807) is 14.0 Å². The van der Waals surface area contributed by atoms with Crippen molar-refractivity contribution in [2.75, 3.05) is 7.11 Å². The van der Waals surface area contributed by atoms with Crippen LogP contribution in [0.3, 0.4) is 0 Å². The van der Waals surface area contributed by atoms with Gasteiger partial charge in [0.05, 0.1) is 7.11 Å². The zero-order valence-corrected chi connectivity index (χ0v) is 14.2. The summed E-state index contributed by atoms with van der Waals surface area (Å²) in [6.45, 7) is 4.57. The zero-order chi connectivity index (χ0) is 17.5. The van der Waals surface area contributed by atoms with Crippen molar-refractivity contribution in [3.63, 3.8) is 0 Å². The van der Waals surface area contributed by atoms with Crippen molar-refractivity contribution in [2.24, 2.45) is 0 Å². The summed E-state index contributed by atoms with van der Waals surface area (Å²) in [5, 5.41) is 11.8. The molecule has 24 heavy (non-hydrogen) atoms. The first-order chi connectivity index (χ1) is 11.5. The minimum Gasteiger partial charge on any atom is -0.493 e. The molecular weight excluding hydrogens is 306 g/mol. The van der Waals surface area contributed by atoms with Gasteiger partial charge in [-0.1, -0.05) is 35.9 Å². The van der Waals surface area contributed by atoms with E-state index in [-0.39, 0.29) is 0 Å². The van der Waals surface area contributed by atoms with Gasteiger partial charge in [-0.25, -0.2) is 0 Å². The average molecular weight is 329 g/mol. The van der Waals surface area contributed by atoms with Gasteiger partial charge in [0, 0.05) is 6.54 Å². The number of carboxylic acids is 1. The number of carbonyl (C=O) groups is 1. The Labute approximate surface area is 142 Å². The van der Waals surface area contributed by atoms with Crippen LogP contribution in [0, 0.1) is 6.92 Å². The first kappa shape index (κ1) is 17.8. The highest BCUT2D eigenvalue weighted by molar-refractivity contribution is 5.72. The highest BCUT2D eigenvalue weighted by Crippen LogP contribution is 2.29. The normalized spacial score (nSPS) is 11.8. The monoisotopic (exact) mass is 329 g/mol. The van der Waals surface area contributed by atoms with Gasteiger partial charge in [0.2, 0.25) is 0 Å². The smallest absolute Gasteiger partial charge is 0.320 e. The van der Waals surface area contributed by atoms with Crippen LogP contribution in [0.4, 0.5) is 0 Å². The van der Waals surface area contributed by atoms with Crippen LogP contribution in [0.2, 0.25) is 0 Å². The van der Waals surface area contributed by atoms with Gasteiger partial charge in [-0.3, -0.25) is 4.79 Å². The molecule has 2 rings (SSSR count). The van der Waals surface area contributed by atoms with Crippen molar-refractivity contribution in [3.8, 4) is 11.5 Å². The summed E-state index contributed by atoms with van der Waals surface area (Å²) >= 11 is 0. The van der Waals surface area contributed by atoms with Crippen LogP contribution < -0.4 is 14.8 Å². The van der Waals surface area contributed by atoms with Crippen LogP contribution in [0.5, 0.6) is 11.5 Å². The van der Waals surface area contributed by atoms with Crippen molar-refractivity contribution in [3.05, 3.63) is 59.2 Å². The van der Waals surface area contributed by atoms with E-state index < -0.39 is 12.0 Å². The number of hydrogen-bond acceptors (Lipinski definition) is 4. The van der Waals surface area contributed by atoms with E-state index in [0.29, 0.717) is 24.7 Å². The quantitative estimate of drug-likeness (QED) is 0.779. The molecule has 0 saturated heterocycles. The molecule has 1 unspecified atom stereocenters. The summed E-state index contributed by atoms with van der Waals surface area (Å²) in [7, 11) is 1.59. The Morgan fingerprint density at radius 2 is 1.79 bits per heavy atom. The van der Waals surface area contributed by atoms with E-state index in [1.165, 1.54) is 5.56 Å². The predicted molar refractivity (Wildman–Crippen MR) is 92.4 cm³/mol.